The fraction of sp³-hybridized carbons (Fsp3) is 0.0714. The number of allylic oxidation sites excluding steroid dienone is 1. The monoisotopic (exact) mass is 273 g/mol. The number of nitro groups is 1. The Kier molecular flexibility index (Phi) is 3.87. The van der Waals surface area contributed by atoms with Gasteiger partial charge in [-0.15, -0.1) is 11.3 Å². The second kappa shape index (κ2) is 5.58. The molecule has 0 amide bonds. The molecule has 19 heavy (non-hydrogen) atoms. The third kappa shape index (κ3) is 3.14. The maximum absolute atomic E-state index is 11.9. The van der Waals surface area contributed by atoms with Crippen molar-refractivity contribution in [2.24, 2.45) is 0 Å². The number of non-ortho nitro benzene ring substituents is 1. The van der Waals surface area contributed by atoms with E-state index in [0.717, 1.165) is 5.56 Å². The lowest BCUT2D eigenvalue weighted by atomic mass is 10.1. The number of nitro benzene ring substituents is 1. The summed E-state index contributed by atoms with van der Waals surface area (Å²) in [5, 5.41) is 12.5. The van der Waals surface area contributed by atoms with Gasteiger partial charge in [-0.3, -0.25) is 14.9 Å². The molecule has 1 aromatic carbocycles. The maximum Gasteiger partial charge on any atom is 0.270 e. The Morgan fingerprint density at radius 3 is 2.79 bits per heavy atom. The first-order chi connectivity index (χ1) is 9.08. The van der Waals surface area contributed by atoms with Crippen LogP contribution in [0.4, 0.5) is 5.69 Å². The Morgan fingerprint density at radius 1 is 1.37 bits per heavy atom. The van der Waals surface area contributed by atoms with Crippen LogP contribution in [-0.4, -0.2) is 10.7 Å². The van der Waals surface area contributed by atoms with E-state index < -0.39 is 4.92 Å². The molecular weight excluding hydrogens is 262 g/mol. The number of aryl methyl sites for hydroxylation is 1. The van der Waals surface area contributed by atoms with Crippen molar-refractivity contribution in [3.8, 4) is 0 Å². The average Bonchev–Trinajstić information content (AvgIpc) is 2.82. The third-order valence-corrected chi connectivity index (χ3v) is 3.63. The van der Waals surface area contributed by atoms with E-state index in [1.165, 1.54) is 29.5 Å². The molecule has 0 aliphatic rings. The van der Waals surface area contributed by atoms with E-state index in [-0.39, 0.29) is 11.5 Å². The van der Waals surface area contributed by atoms with Gasteiger partial charge in [-0.05, 0) is 35.6 Å². The van der Waals surface area contributed by atoms with Crippen molar-refractivity contribution in [3.05, 3.63) is 67.9 Å². The van der Waals surface area contributed by atoms with Crippen LogP contribution in [-0.2, 0) is 0 Å². The molecule has 0 saturated carbocycles. The average molecular weight is 273 g/mol. The summed E-state index contributed by atoms with van der Waals surface area (Å²) < 4.78 is 0. The number of carbonyl (C=O) groups excluding carboxylic acids is 1. The molecule has 0 atom stereocenters. The van der Waals surface area contributed by atoms with Crippen LogP contribution in [0, 0.1) is 17.0 Å². The largest absolute Gasteiger partial charge is 0.288 e. The summed E-state index contributed by atoms with van der Waals surface area (Å²) in [6.45, 7) is 1.88. The zero-order valence-electron chi connectivity index (χ0n) is 10.2. The van der Waals surface area contributed by atoms with Crippen LogP contribution in [0.5, 0.6) is 0 Å². The second-order valence-corrected chi connectivity index (χ2v) is 4.90. The molecule has 0 bridgehead atoms. The normalized spacial score (nSPS) is 10.8. The minimum absolute atomic E-state index is 0.0157. The van der Waals surface area contributed by atoms with Crippen LogP contribution in [0.2, 0.25) is 0 Å². The van der Waals surface area contributed by atoms with Crippen molar-refractivity contribution in [2.75, 3.05) is 0 Å². The number of hydrogen-bond donors (Lipinski definition) is 0. The zero-order chi connectivity index (χ0) is 13.8. The molecule has 2 aromatic rings. The van der Waals surface area contributed by atoms with Gasteiger partial charge in [0.25, 0.3) is 5.69 Å². The number of rotatable bonds is 4. The van der Waals surface area contributed by atoms with E-state index in [0.29, 0.717) is 10.4 Å². The van der Waals surface area contributed by atoms with Gasteiger partial charge in [-0.25, -0.2) is 0 Å². The van der Waals surface area contributed by atoms with E-state index in [1.54, 1.807) is 18.2 Å². The molecule has 0 saturated heterocycles. The van der Waals surface area contributed by atoms with E-state index in [1.807, 2.05) is 18.4 Å². The summed E-state index contributed by atoms with van der Waals surface area (Å²) in [6.07, 6.45) is 3.03. The number of carbonyl (C=O) groups is 1. The molecule has 0 radical (unpaired) electrons. The van der Waals surface area contributed by atoms with Crippen molar-refractivity contribution < 1.29 is 9.72 Å². The van der Waals surface area contributed by atoms with Crippen molar-refractivity contribution >= 4 is 28.9 Å². The first-order valence-electron chi connectivity index (χ1n) is 5.59. The Bertz CT molecular complexity index is 658. The fourth-order valence-electron chi connectivity index (χ4n) is 1.61. The minimum atomic E-state index is -0.456. The molecule has 1 aromatic heterocycles. The van der Waals surface area contributed by atoms with Gasteiger partial charge in [0.05, 0.1) is 9.80 Å². The SMILES string of the molecule is Cc1ccsc1C(=O)/C=C/c1cccc([N+](=O)[O-])c1. The van der Waals surface area contributed by atoms with Crippen LogP contribution in [0.1, 0.15) is 20.8 Å². The lowest BCUT2D eigenvalue weighted by molar-refractivity contribution is -0.384. The predicted octanol–water partition coefficient (Wildman–Crippen LogP) is 3.86. The van der Waals surface area contributed by atoms with E-state index in [9.17, 15) is 14.9 Å². The number of nitrogens with zero attached hydrogens (tertiary/aromatic N) is 1. The lowest BCUT2D eigenvalue weighted by Gasteiger charge is -1.95. The summed E-state index contributed by atoms with van der Waals surface area (Å²) in [4.78, 5) is 22.8. The van der Waals surface area contributed by atoms with Crippen LogP contribution in [0.3, 0.4) is 0 Å². The van der Waals surface area contributed by atoms with Crippen molar-refractivity contribution in [1.82, 2.24) is 0 Å². The highest BCUT2D eigenvalue weighted by Gasteiger charge is 2.07. The van der Waals surface area contributed by atoms with Gasteiger partial charge in [-0.2, -0.15) is 0 Å². The highest BCUT2D eigenvalue weighted by molar-refractivity contribution is 7.12. The quantitative estimate of drug-likeness (QED) is 0.368. The van der Waals surface area contributed by atoms with Gasteiger partial charge >= 0.3 is 0 Å². The second-order valence-electron chi connectivity index (χ2n) is 3.98. The van der Waals surface area contributed by atoms with Crippen molar-refractivity contribution in [2.45, 2.75) is 6.92 Å². The molecule has 0 aliphatic carbocycles. The Labute approximate surface area is 114 Å². The zero-order valence-corrected chi connectivity index (χ0v) is 11.0. The highest BCUT2D eigenvalue weighted by Crippen LogP contribution is 2.18. The maximum atomic E-state index is 11.9. The number of hydrogen-bond acceptors (Lipinski definition) is 4. The van der Waals surface area contributed by atoms with Gasteiger partial charge in [0.1, 0.15) is 0 Å². The van der Waals surface area contributed by atoms with Crippen LogP contribution < -0.4 is 0 Å². The van der Waals surface area contributed by atoms with Gasteiger partial charge in [0.2, 0.25) is 0 Å². The van der Waals surface area contributed by atoms with Gasteiger partial charge in [-0.1, -0.05) is 18.2 Å². The minimum Gasteiger partial charge on any atom is -0.288 e. The lowest BCUT2D eigenvalue weighted by Crippen LogP contribution is -1.92. The molecule has 96 valence electrons. The van der Waals surface area contributed by atoms with Gasteiger partial charge < -0.3 is 0 Å². The number of ketones is 1. The highest BCUT2D eigenvalue weighted by atomic mass is 32.1. The van der Waals surface area contributed by atoms with E-state index in [4.69, 9.17) is 0 Å². The summed E-state index contributed by atoms with van der Waals surface area (Å²) in [5.74, 6) is -0.0843. The molecule has 0 N–H and O–H groups in total. The molecule has 0 unspecified atom stereocenters. The summed E-state index contributed by atoms with van der Waals surface area (Å²) in [5.41, 5.74) is 1.59. The summed E-state index contributed by atoms with van der Waals surface area (Å²) in [7, 11) is 0. The molecule has 0 fully saturated rings. The standard InChI is InChI=1S/C14H11NO3S/c1-10-7-8-19-14(10)13(16)6-5-11-3-2-4-12(9-11)15(17)18/h2-9H,1H3/b6-5+. The van der Waals surface area contributed by atoms with Crippen LogP contribution >= 0.6 is 11.3 Å². The first kappa shape index (κ1) is 13.2. The smallest absolute Gasteiger partial charge is 0.270 e. The molecule has 0 spiro atoms. The predicted molar refractivity (Wildman–Crippen MR) is 75.5 cm³/mol. The van der Waals surface area contributed by atoms with Crippen LogP contribution in [0.25, 0.3) is 6.08 Å². The van der Waals surface area contributed by atoms with Gasteiger partial charge in [0, 0.05) is 12.1 Å². The molecule has 5 heteroatoms. The molecule has 0 aliphatic heterocycles. The fourth-order valence-corrected chi connectivity index (χ4v) is 2.46. The first-order valence-corrected chi connectivity index (χ1v) is 6.47. The third-order valence-electron chi connectivity index (χ3n) is 2.59. The Morgan fingerprint density at radius 2 is 2.16 bits per heavy atom. The number of thiophene rings is 1. The summed E-state index contributed by atoms with van der Waals surface area (Å²) in [6, 6.07) is 8.06. The number of benzene rings is 1. The van der Waals surface area contributed by atoms with E-state index in [2.05, 4.69) is 0 Å². The molecule has 2 rings (SSSR count). The summed E-state index contributed by atoms with van der Waals surface area (Å²) >= 11 is 1.39. The van der Waals surface area contributed by atoms with Gasteiger partial charge in [0.15, 0.2) is 5.78 Å². The molecule has 4 nitrogen and oxygen atoms in total. The Hall–Kier alpha value is -2.27. The molecular formula is C14H11NO3S. The van der Waals surface area contributed by atoms with Crippen molar-refractivity contribution in [1.29, 1.82) is 0 Å². The van der Waals surface area contributed by atoms with Crippen LogP contribution in [0.15, 0.2) is 41.8 Å². The van der Waals surface area contributed by atoms with E-state index >= 15 is 0 Å². The Balaban J connectivity index is 2.19. The molecule has 1 heterocycles. The van der Waals surface area contributed by atoms with Crippen molar-refractivity contribution in [3.63, 3.8) is 0 Å². The topological polar surface area (TPSA) is 60.2 Å².